The lowest BCUT2D eigenvalue weighted by molar-refractivity contribution is -0.123. The molecule has 6 heteroatoms. The number of ether oxygens (including phenoxy) is 2. The van der Waals surface area contributed by atoms with Crippen molar-refractivity contribution in [3.05, 3.63) is 58.6 Å². The van der Waals surface area contributed by atoms with Gasteiger partial charge in [0.2, 0.25) is 0 Å². The molecule has 2 aromatic carbocycles. The Labute approximate surface area is 151 Å². The van der Waals surface area contributed by atoms with Crippen LogP contribution < -0.4 is 14.8 Å². The number of Topliss-reactive ketones (excluding diaryl/α,β-unsaturated/α-hetero) is 1. The maximum absolute atomic E-state index is 11.9. The third kappa shape index (κ3) is 5.80. The Bertz CT molecular complexity index is 744. The lowest BCUT2D eigenvalue weighted by Gasteiger charge is -2.11. The molecule has 0 aliphatic rings. The van der Waals surface area contributed by atoms with Crippen LogP contribution in [0.25, 0.3) is 0 Å². The third-order valence-corrected chi connectivity index (χ3v) is 3.83. The molecule has 0 saturated carbocycles. The molecule has 0 unspecified atom stereocenters. The highest BCUT2D eigenvalue weighted by molar-refractivity contribution is 6.30. The van der Waals surface area contributed by atoms with Crippen molar-refractivity contribution in [1.29, 1.82) is 0 Å². The summed E-state index contributed by atoms with van der Waals surface area (Å²) in [5.41, 5.74) is 1.49. The van der Waals surface area contributed by atoms with Crippen LogP contribution in [0.15, 0.2) is 42.5 Å². The molecule has 1 N–H and O–H groups in total. The van der Waals surface area contributed by atoms with Gasteiger partial charge < -0.3 is 14.8 Å². The third-order valence-electron chi connectivity index (χ3n) is 3.58. The molecule has 2 rings (SSSR count). The van der Waals surface area contributed by atoms with E-state index in [9.17, 15) is 9.59 Å². The van der Waals surface area contributed by atoms with Gasteiger partial charge in [-0.2, -0.15) is 0 Å². The van der Waals surface area contributed by atoms with E-state index in [0.29, 0.717) is 35.1 Å². The van der Waals surface area contributed by atoms with Crippen LogP contribution in [0.5, 0.6) is 11.5 Å². The molecule has 0 aromatic heterocycles. The van der Waals surface area contributed by atoms with Gasteiger partial charge in [0, 0.05) is 17.6 Å². The molecule has 0 heterocycles. The fourth-order valence-corrected chi connectivity index (χ4v) is 2.36. The average Bonchev–Trinajstić information content (AvgIpc) is 2.61. The Hall–Kier alpha value is -2.53. The first-order chi connectivity index (χ1) is 12.0. The van der Waals surface area contributed by atoms with Crippen molar-refractivity contribution in [2.24, 2.45) is 0 Å². The van der Waals surface area contributed by atoms with Gasteiger partial charge in [-0.05, 0) is 43.2 Å². The van der Waals surface area contributed by atoms with E-state index in [1.54, 1.807) is 18.2 Å². The Morgan fingerprint density at radius 3 is 2.48 bits per heavy atom. The number of nitrogens with one attached hydrogen (secondary N) is 1. The van der Waals surface area contributed by atoms with Crippen LogP contribution in [-0.4, -0.2) is 32.0 Å². The van der Waals surface area contributed by atoms with Crippen molar-refractivity contribution in [1.82, 2.24) is 5.32 Å². The van der Waals surface area contributed by atoms with Gasteiger partial charge in [0.25, 0.3) is 5.91 Å². The number of ketones is 1. The zero-order valence-corrected chi connectivity index (χ0v) is 14.9. The molecule has 0 saturated heterocycles. The molecular formula is C19H20ClNO4. The molecule has 25 heavy (non-hydrogen) atoms. The molecule has 0 radical (unpaired) electrons. The Morgan fingerprint density at radius 2 is 1.84 bits per heavy atom. The standard InChI is InChI=1S/C19H20ClNO4/c1-13(22)17-8-7-16(24-2)11-18(17)25-12-19(23)21-10-9-14-3-5-15(20)6-4-14/h3-8,11H,9-10,12H2,1-2H3,(H,21,23). The highest BCUT2D eigenvalue weighted by atomic mass is 35.5. The summed E-state index contributed by atoms with van der Waals surface area (Å²) in [6.07, 6.45) is 0.695. The summed E-state index contributed by atoms with van der Waals surface area (Å²) in [7, 11) is 1.52. The van der Waals surface area contributed by atoms with Gasteiger partial charge in [0.1, 0.15) is 11.5 Å². The largest absolute Gasteiger partial charge is 0.497 e. The highest BCUT2D eigenvalue weighted by Gasteiger charge is 2.12. The fraction of sp³-hybridized carbons (Fsp3) is 0.263. The van der Waals surface area contributed by atoms with Crippen LogP contribution in [0.1, 0.15) is 22.8 Å². The monoisotopic (exact) mass is 361 g/mol. The van der Waals surface area contributed by atoms with E-state index in [0.717, 1.165) is 5.56 Å². The van der Waals surface area contributed by atoms with Gasteiger partial charge in [-0.1, -0.05) is 23.7 Å². The quantitative estimate of drug-likeness (QED) is 0.733. The number of hydrogen-bond donors (Lipinski definition) is 1. The number of carbonyl (C=O) groups is 2. The summed E-state index contributed by atoms with van der Waals surface area (Å²) in [6, 6.07) is 12.4. The maximum Gasteiger partial charge on any atom is 0.257 e. The lowest BCUT2D eigenvalue weighted by Crippen LogP contribution is -2.30. The average molecular weight is 362 g/mol. The van der Waals surface area contributed by atoms with E-state index >= 15 is 0 Å². The zero-order valence-electron chi connectivity index (χ0n) is 14.2. The molecule has 132 valence electrons. The van der Waals surface area contributed by atoms with Gasteiger partial charge in [0.05, 0.1) is 12.7 Å². The van der Waals surface area contributed by atoms with Gasteiger partial charge in [-0.25, -0.2) is 0 Å². The van der Waals surface area contributed by atoms with Crippen molar-refractivity contribution in [2.45, 2.75) is 13.3 Å². The van der Waals surface area contributed by atoms with Crippen molar-refractivity contribution < 1.29 is 19.1 Å². The van der Waals surface area contributed by atoms with E-state index in [1.807, 2.05) is 24.3 Å². The first kappa shape index (κ1) is 18.8. The van der Waals surface area contributed by atoms with Gasteiger partial charge >= 0.3 is 0 Å². The second-order valence-corrected chi connectivity index (χ2v) is 5.87. The summed E-state index contributed by atoms with van der Waals surface area (Å²) in [6.45, 7) is 1.76. The normalized spacial score (nSPS) is 10.2. The summed E-state index contributed by atoms with van der Waals surface area (Å²) in [5.74, 6) is 0.495. The van der Waals surface area contributed by atoms with Crippen molar-refractivity contribution >= 4 is 23.3 Å². The Morgan fingerprint density at radius 1 is 1.12 bits per heavy atom. The summed E-state index contributed by atoms with van der Waals surface area (Å²) >= 11 is 5.83. The minimum absolute atomic E-state index is 0.138. The van der Waals surface area contributed by atoms with Crippen LogP contribution in [0.4, 0.5) is 0 Å². The maximum atomic E-state index is 11.9. The number of carbonyl (C=O) groups excluding carboxylic acids is 2. The molecule has 0 fully saturated rings. The number of amides is 1. The minimum Gasteiger partial charge on any atom is -0.497 e. The van der Waals surface area contributed by atoms with Gasteiger partial charge in [-0.15, -0.1) is 0 Å². The predicted octanol–water partition coefficient (Wildman–Crippen LogP) is 3.29. The molecule has 2 aromatic rings. The van der Waals surface area contributed by atoms with E-state index in [4.69, 9.17) is 21.1 Å². The van der Waals surface area contributed by atoms with Gasteiger partial charge in [0.15, 0.2) is 12.4 Å². The molecule has 0 aliphatic heterocycles. The van der Waals surface area contributed by atoms with Crippen LogP contribution in [0.2, 0.25) is 5.02 Å². The zero-order chi connectivity index (χ0) is 18.2. The summed E-state index contributed by atoms with van der Waals surface area (Å²) in [5, 5.41) is 3.46. The number of halogens is 1. The van der Waals surface area contributed by atoms with Crippen molar-refractivity contribution in [3.63, 3.8) is 0 Å². The number of hydrogen-bond acceptors (Lipinski definition) is 4. The molecule has 0 aliphatic carbocycles. The fourth-order valence-electron chi connectivity index (χ4n) is 2.23. The second kappa shape index (κ2) is 9.08. The van der Waals surface area contributed by atoms with Gasteiger partial charge in [-0.3, -0.25) is 9.59 Å². The van der Waals surface area contributed by atoms with E-state index in [-0.39, 0.29) is 18.3 Å². The predicted molar refractivity (Wildman–Crippen MR) is 96.7 cm³/mol. The SMILES string of the molecule is COc1ccc(C(C)=O)c(OCC(=O)NCCc2ccc(Cl)cc2)c1. The van der Waals surface area contributed by atoms with E-state index in [2.05, 4.69) is 5.32 Å². The Balaban J connectivity index is 1.85. The number of benzene rings is 2. The van der Waals surface area contributed by atoms with Crippen molar-refractivity contribution in [2.75, 3.05) is 20.3 Å². The summed E-state index contributed by atoms with van der Waals surface area (Å²) in [4.78, 5) is 23.6. The molecule has 5 nitrogen and oxygen atoms in total. The van der Waals surface area contributed by atoms with E-state index in [1.165, 1.54) is 14.0 Å². The number of rotatable bonds is 8. The smallest absolute Gasteiger partial charge is 0.257 e. The molecule has 0 atom stereocenters. The van der Waals surface area contributed by atoms with Crippen LogP contribution in [-0.2, 0) is 11.2 Å². The highest BCUT2D eigenvalue weighted by Crippen LogP contribution is 2.25. The minimum atomic E-state index is -0.258. The van der Waals surface area contributed by atoms with Crippen molar-refractivity contribution in [3.8, 4) is 11.5 Å². The van der Waals surface area contributed by atoms with Crippen LogP contribution >= 0.6 is 11.6 Å². The lowest BCUT2D eigenvalue weighted by atomic mass is 10.1. The number of methoxy groups -OCH3 is 1. The molecule has 0 spiro atoms. The van der Waals surface area contributed by atoms with Crippen LogP contribution in [0, 0.1) is 0 Å². The van der Waals surface area contributed by atoms with Crippen LogP contribution in [0.3, 0.4) is 0 Å². The Kier molecular flexibility index (Phi) is 6.83. The van der Waals surface area contributed by atoms with E-state index < -0.39 is 0 Å². The second-order valence-electron chi connectivity index (χ2n) is 5.43. The first-order valence-corrected chi connectivity index (χ1v) is 8.20. The first-order valence-electron chi connectivity index (χ1n) is 7.82. The molecular weight excluding hydrogens is 342 g/mol. The molecule has 0 bridgehead atoms. The topological polar surface area (TPSA) is 64.6 Å². The molecule has 1 amide bonds. The summed E-state index contributed by atoms with van der Waals surface area (Å²) < 4.78 is 10.6.